The van der Waals surface area contributed by atoms with Gasteiger partial charge in [0.2, 0.25) is 0 Å². The van der Waals surface area contributed by atoms with Gasteiger partial charge in [0.05, 0.1) is 6.04 Å². The molecule has 0 amide bonds. The third-order valence-corrected chi connectivity index (χ3v) is 2.88. The molecule has 0 saturated carbocycles. The lowest BCUT2D eigenvalue weighted by atomic mass is 10.0. The molecule has 0 N–H and O–H groups in total. The molecule has 0 aliphatic rings. The van der Waals surface area contributed by atoms with Gasteiger partial charge in [0.25, 0.3) is 0 Å². The van der Waals surface area contributed by atoms with Gasteiger partial charge in [0.15, 0.2) is 5.78 Å². The van der Waals surface area contributed by atoms with E-state index in [-0.39, 0.29) is 11.8 Å². The summed E-state index contributed by atoms with van der Waals surface area (Å²) in [5.74, 6) is 0.194. The van der Waals surface area contributed by atoms with E-state index in [0.717, 1.165) is 12.1 Å². The van der Waals surface area contributed by atoms with E-state index in [1.54, 1.807) is 0 Å². The van der Waals surface area contributed by atoms with Crippen LogP contribution in [0.3, 0.4) is 0 Å². The Labute approximate surface area is 91.9 Å². The van der Waals surface area contributed by atoms with Crippen LogP contribution in [0.1, 0.15) is 29.8 Å². The van der Waals surface area contributed by atoms with Crippen molar-refractivity contribution in [3.8, 4) is 0 Å². The van der Waals surface area contributed by atoms with Crippen LogP contribution in [0.4, 0.5) is 0 Å². The quantitative estimate of drug-likeness (QED) is 0.704. The zero-order chi connectivity index (χ0) is 11.4. The standard InChI is InChI=1S/C13H19NO/c1-5-14(4)11(3)13(15)12-8-6-10(2)7-9-12/h6-9,11H,5H2,1-4H3. The first kappa shape index (κ1) is 11.9. The summed E-state index contributed by atoms with van der Waals surface area (Å²) in [4.78, 5) is 14.1. The average Bonchev–Trinajstić information content (AvgIpc) is 2.27. The lowest BCUT2D eigenvalue weighted by Gasteiger charge is -2.21. The Kier molecular flexibility index (Phi) is 4.04. The van der Waals surface area contributed by atoms with Gasteiger partial charge in [-0.15, -0.1) is 0 Å². The molecule has 0 aliphatic carbocycles. The molecule has 0 radical (unpaired) electrons. The second-order valence-electron chi connectivity index (χ2n) is 3.98. The van der Waals surface area contributed by atoms with E-state index in [2.05, 4.69) is 6.92 Å². The lowest BCUT2D eigenvalue weighted by molar-refractivity contribution is 0.0874. The molecule has 15 heavy (non-hydrogen) atoms. The first-order chi connectivity index (χ1) is 7.06. The van der Waals surface area contributed by atoms with Gasteiger partial charge in [-0.2, -0.15) is 0 Å². The third-order valence-electron chi connectivity index (χ3n) is 2.88. The molecule has 0 fully saturated rings. The molecule has 1 rings (SSSR count). The third kappa shape index (κ3) is 2.90. The van der Waals surface area contributed by atoms with Gasteiger partial charge >= 0.3 is 0 Å². The van der Waals surface area contributed by atoms with E-state index in [0.29, 0.717) is 0 Å². The fraction of sp³-hybridized carbons (Fsp3) is 0.462. The molecule has 1 aromatic carbocycles. The monoisotopic (exact) mass is 205 g/mol. The van der Waals surface area contributed by atoms with Gasteiger partial charge in [0, 0.05) is 5.56 Å². The Balaban J connectivity index is 2.80. The first-order valence-corrected chi connectivity index (χ1v) is 5.37. The summed E-state index contributed by atoms with van der Waals surface area (Å²) in [6.07, 6.45) is 0. The smallest absolute Gasteiger partial charge is 0.179 e. The summed E-state index contributed by atoms with van der Waals surface area (Å²) in [6.45, 7) is 6.92. The highest BCUT2D eigenvalue weighted by Gasteiger charge is 2.17. The van der Waals surface area contributed by atoms with Crippen molar-refractivity contribution in [2.24, 2.45) is 0 Å². The van der Waals surface area contributed by atoms with E-state index in [1.807, 2.05) is 50.1 Å². The molecule has 0 spiro atoms. The van der Waals surface area contributed by atoms with Crippen molar-refractivity contribution in [3.63, 3.8) is 0 Å². The average molecular weight is 205 g/mol. The summed E-state index contributed by atoms with van der Waals surface area (Å²) in [7, 11) is 1.97. The number of carbonyl (C=O) groups is 1. The largest absolute Gasteiger partial charge is 0.297 e. The molecule has 1 aromatic rings. The molecule has 0 heterocycles. The summed E-state index contributed by atoms with van der Waals surface area (Å²) in [5, 5.41) is 0. The Bertz CT molecular complexity index is 329. The number of hydrogen-bond acceptors (Lipinski definition) is 2. The molecule has 0 aromatic heterocycles. The maximum absolute atomic E-state index is 12.0. The van der Waals surface area contributed by atoms with Gasteiger partial charge in [0.1, 0.15) is 0 Å². The van der Waals surface area contributed by atoms with E-state index in [1.165, 1.54) is 5.56 Å². The van der Waals surface area contributed by atoms with E-state index >= 15 is 0 Å². The van der Waals surface area contributed by atoms with Crippen LogP contribution in [-0.4, -0.2) is 30.3 Å². The second-order valence-corrected chi connectivity index (χ2v) is 3.98. The molecule has 1 atom stereocenters. The molecule has 2 nitrogen and oxygen atoms in total. The molecule has 0 aliphatic heterocycles. The molecule has 1 unspecified atom stereocenters. The van der Waals surface area contributed by atoms with Crippen molar-refractivity contribution in [2.45, 2.75) is 26.8 Å². The number of likely N-dealkylation sites (N-methyl/N-ethyl adjacent to an activating group) is 1. The lowest BCUT2D eigenvalue weighted by Crippen LogP contribution is -2.35. The minimum atomic E-state index is -0.0438. The summed E-state index contributed by atoms with van der Waals surface area (Å²) in [6, 6.07) is 7.71. The topological polar surface area (TPSA) is 20.3 Å². The van der Waals surface area contributed by atoms with Gasteiger partial charge in [-0.3, -0.25) is 9.69 Å². The van der Waals surface area contributed by atoms with Gasteiger partial charge in [-0.05, 0) is 27.4 Å². The van der Waals surface area contributed by atoms with Crippen LogP contribution >= 0.6 is 0 Å². The van der Waals surface area contributed by atoms with Crippen molar-refractivity contribution >= 4 is 5.78 Å². The van der Waals surface area contributed by atoms with Crippen molar-refractivity contribution in [3.05, 3.63) is 35.4 Å². The normalized spacial score (nSPS) is 12.9. The summed E-state index contributed by atoms with van der Waals surface area (Å²) in [5.41, 5.74) is 1.98. The number of rotatable bonds is 4. The molecule has 0 bridgehead atoms. The summed E-state index contributed by atoms with van der Waals surface area (Å²) >= 11 is 0. The van der Waals surface area contributed by atoms with E-state index in [4.69, 9.17) is 0 Å². The molecular weight excluding hydrogens is 186 g/mol. The Morgan fingerprint density at radius 2 is 1.87 bits per heavy atom. The van der Waals surface area contributed by atoms with E-state index < -0.39 is 0 Å². The van der Waals surface area contributed by atoms with Gasteiger partial charge < -0.3 is 0 Å². The van der Waals surface area contributed by atoms with Crippen LogP contribution in [0.5, 0.6) is 0 Å². The van der Waals surface area contributed by atoms with Crippen molar-refractivity contribution < 1.29 is 4.79 Å². The van der Waals surface area contributed by atoms with Crippen LogP contribution in [0.15, 0.2) is 24.3 Å². The predicted octanol–water partition coefficient (Wildman–Crippen LogP) is 2.52. The number of carbonyl (C=O) groups excluding carboxylic acids is 1. The van der Waals surface area contributed by atoms with Crippen molar-refractivity contribution in [1.29, 1.82) is 0 Å². The zero-order valence-electron chi connectivity index (χ0n) is 9.95. The van der Waals surface area contributed by atoms with Crippen LogP contribution in [0.2, 0.25) is 0 Å². The molecular formula is C13H19NO. The van der Waals surface area contributed by atoms with Crippen LogP contribution in [0, 0.1) is 6.92 Å². The van der Waals surface area contributed by atoms with Gasteiger partial charge in [-0.25, -0.2) is 0 Å². The van der Waals surface area contributed by atoms with Crippen LogP contribution in [-0.2, 0) is 0 Å². The highest BCUT2D eigenvalue weighted by molar-refractivity contribution is 5.99. The molecule has 2 heteroatoms. The minimum absolute atomic E-state index is 0.0438. The number of nitrogens with zero attached hydrogens (tertiary/aromatic N) is 1. The molecule has 0 saturated heterocycles. The van der Waals surface area contributed by atoms with Crippen LogP contribution < -0.4 is 0 Å². The van der Waals surface area contributed by atoms with Crippen LogP contribution in [0.25, 0.3) is 0 Å². The second kappa shape index (κ2) is 5.08. The summed E-state index contributed by atoms with van der Waals surface area (Å²) < 4.78 is 0. The van der Waals surface area contributed by atoms with Gasteiger partial charge in [-0.1, -0.05) is 36.8 Å². The number of aryl methyl sites for hydroxylation is 1. The zero-order valence-corrected chi connectivity index (χ0v) is 9.95. The molecule has 82 valence electrons. The predicted molar refractivity (Wildman–Crippen MR) is 63.3 cm³/mol. The van der Waals surface area contributed by atoms with E-state index in [9.17, 15) is 4.79 Å². The number of hydrogen-bond donors (Lipinski definition) is 0. The SMILES string of the molecule is CCN(C)C(C)C(=O)c1ccc(C)cc1. The maximum atomic E-state index is 12.0. The number of ketones is 1. The highest BCUT2D eigenvalue weighted by Crippen LogP contribution is 2.09. The minimum Gasteiger partial charge on any atom is -0.297 e. The number of benzene rings is 1. The Morgan fingerprint density at radius 3 is 2.33 bits per heavy atom. The highest BCUT2D eigenvalue weighted by atomic mass is 16.1. The first-order valence-electron chi connectivity index (χ1n) is 5.37. The fourth-order valence-electron chi connectivity index (χ4n) is 1.43. The Hall–Kier alpha value is -1.15. The number of Topliss-reactive ketones (excluding diaryl/α,β-unsaturated/α-hetero) is 1. The van der Waals surface area contributed by atoms with Crippen molar-refractivity contribution in [2.75, 3.05) is 13.6 Å². The maximum Gasteiger partial charge on any atom is 0.179 e. The van der Waals surface area contributed by atoms with Crippen molar-refractivity contribution in [1.82, 2.24) is 4.90 Å². The Morgan fingerprint density at radius 1 is 1.33 bits per heavy atom. The fourth-order valence-corrected chi connectivity index (χ4v) is 1.43.